The molecule has 2 atom stereocenters. The smallest absolute Gasteiger partial charge is 0.326 e. The van der Waals surface area contributed by atoms with Gasteiger partial charge in [0.05, 0.1) is 6.10 Å². The summed E-state index contributed by atoms with van der Waals surface area (Å²) in [6.07, 6.45) is 0.845. The van der Waals surface area contributed by atoms with Gasteiger partial charge in [0.15, 0.2) is 0 Å². The molecule has 2 aliphatic rings. The maximum absolute atomic E-state index is 12.3. The fraction of sp³-hybridized carbons (Fsp3) is 0.467. The van der Waals surface area contributed by atoms with Crippen LogP contribution in [0.5, 0.6) is 0 Å². The van der Waals surface area contributed by atoms with Crippen molar-refractivity contribution in [1.82, 2.24) is 10.2 Å². The first-order chi connectivity index (χ1) is 10.0. The molecule has 3 rings (SSSR count). The van der Waals surface area contributed by atoms with Crippen LogP contribution in [0.15, 0.2) is 24.3 Å². The average Bonchev–Trinajstić information content (AvgIpc) is 3.01. The number of nitrogens with one attached hydrogen (secondary N) is 1. The van der Waals surface area contributed by atoms with Crippen LogP contribution < -0.4 is 5.32 Å². The third-order valence-electron chi connectivity index (χ3n) is 4.20. The Morgan fingerprint density at radius 1 is 1.19 bits per heavy atom. The molecule has 0 bridgehead atoms. The van der Waals surface area contributed by atoms with Crippen LogP contribution in [0, 0.1) is 0 Å². The Morgan fingerprint density at radius 3 is 2.38 bits per heavy atom. The number of hydrogen-bond acceptors (Lipinski definition) is 3. The molecule has 0 spiro atoms. The molecule has 3 N–H and O–H groups in total. The number of carbonyl (C=O) groups excluding carboxylic acids is 1. The molecule has 1 aromatic carbocycles. The van der Waals surface area contributed by atoms with Crippen molar-refractivity contribution in [3.05, 3.63) is 35.4 Å². The van der Waals surface area contributed by atoms with E-state index in [-0.39, 0.29) is 19.0 Å². The number of fused-ring (bicyclic) bond motifs is 1. The van der Waals surface area contributed by atoms with Crippen LogP contribution in [0.1, 0.15) is 17.5 Å². The molecule has 1 heterocycles. The van der Waals surface area contributed by atoms with Crippen molar-refractivity contribution in [3.8, 4) is 0 Å². The summed E-state index contributed by atoms with van der Waals surface area (Å²) in [5.41, 5.74) is 2.44. The van der Waals surface area contributed by atoms with Crippen LogP contribution >= 0.6 is 0 Å². The van der Waals surface area contributed by atoms with Crippen molar-refractivity contribution < 1.29 is 19.8 Å². The number of nitrogens with zero attached hydrogens (tertiary/aromatic N) is 1. The molecular weight excluding hydrogens is 272 g/mol. The molecule has 0 radical (unpaired) electrons. The van der Waals surface area contributed by atoms with Crippen LogP contribution in [0.3, 0.4) is 0 Å². The Labute approximate surface area is 122 Å². The van der Waals surface area contributed by atoms with Gasteiger partial charge in [-0.3, -0.25) is 0 Å². The third kappa shape index (κ3) is 2.71. The first kappa shape index (κ1) is 13.9. The molecule has 1 fully saturated rings. The van der Waals surface area contributed by atoms with Crippen LogP contribution in [0.25, 0.3) is 0 Å². The lowest BCUT2D eigenvalue weighted by molar-refractivity contribution is -0.141. The van der Waals surface area contributed by atoms with E-state index in [0.29, 0.717) is 0 Å². The number of carboxylic acid groups (broad SMARTS) is 1. The summed E-state index contributed by atoms with van der Waals surface area (Å²) >= 11 is 0. The summed E-state index contributed by atoms with van der Waals surface area (Å²) in [5, 5.41) is 21.6. The van der Waals surface area contributed by atoms with Gasteiger partial charge in [-0.1, -0.05) is 24.3 Å². The van der Waals surface area contributed by atoms with Gasteiger partial charge in [-0.05, 0) is 24.0 Å². The molecule has 6 heteroatoms. The number of aliphatic hydroxyl groups excluding tert-OH is 1. The quantitative estimate of drug-likeness (QED) is 0.734. The molecule has 6 nitrogen and oxygen atoms in total. The Hall–Kier alpha value is -2.08. The van der Waals surface area contributed by atoms with Gasteiger partial charge >= 0.3 is 12.0 Å². The number of urea groups is 1. The molecule has 0 aromatic heterocycles. The summed E-state index contributed by atoms with van der Waals surface area (Å²) in [6, 6.07) is 6.67. The van der Waals surface area contributed by atoms with Crippen molar-refractivity contribution in [2.75, 3.05) is 6.54 Å². The first-order valence-corrected chi connectivity index (χ1v) is 7.09. The molecule has 1 unspecified atom stereocenters. The zero-order valence-corrected chi connectivity index (χ0v) is 11.5. The first-order valence-electron chi connectivity index (χ1n) is 7.09. The Morgan fingerprint density at radius 2 is 1.81 bits per heavy atom. The SMILES string of the molecule is O=C(O)[C@@H]1CC(O)CN1C(=O)NC1Cc2ccccc2C1. The number of likely N-dealkylation sites (tertiary alicyclic amines) is 1. The summed E-state index contributed by atoms with van der Waals surface area (Å²) in [7, 11) is 0. The van der Waals surface area contributed by atoms with E-state index in [9.17, 15) is 14.7 Å². The van der Waals surface area contributed by atoms with E-state index in [4.69, 9.17) is 5.11 Å². The minimum absolute atomic E-state index is 0.0120. The van der Waals surface area contributed by atoms with E-state index in [1.807, 2.05) is 24.3 Å². The van der Waals surface area contributed by atoms with E-state index < -0.39 is 24.1 Å². The summed E-state index contributed by atoms with van der Waals surface area (Å²) in [6.45, 7) is 0.0719. The number of benzene rings is 1. The van der Waals surface area contributed by atoms with Gasteiger partial charge in [0, 0.05) is 19.0 Å². The molecule has 2 amide bonds. The topological polar surface area (TPSA) is 89.9 Å². The van der Waals surface area contributed by atoms with Crippen molar-refractivity contribution in [3.63, 3.8) is 0 Å². The largest absolute Gasteiger partial charge is 0.480 e. The number of amides is 2. The summed E-state index contributed by atoms with van der Waals surface area (Å²) in [4.78, 5) is 24.6. The van der Waals surface area contributed by atoms with Gasteiger partial charge < -0.3 is 20.4 Å². The van der Waals surface area contributed by atoms with Gasteiger partial charge in [0.2, 0.25) is 0 Å². The molecule has 112 valence electrons. The number of carboxylic acids is 1. The molecule has 1 aliphatic heterocycles. The van der Waals surface area contributed by atoms with Gasteiger partial charge in [-0.25, -0.2) is 9.59 Å². The second-order valence-corrected chi connectivity index (χ2v) is 5.72. The zero-order chi connectivity index (χ0) is 15.0. The standard InChI is InChI=1S/C15H18N2O4/c18-12-7-13(14(19)20)17(8-12)15(21)16-11-5-9-3-1-2-4-10(9)6-11/h1-4,11-13,18H,5-8H2,(H,16,21)(H,19,20)/t12?,13-/m0/s1. The van der Waals surface area contributed by atoms with Crippen LogP contribution in [0.4, 0.5) is 4.79 Å². The Bertz CT molecular complexity index is 550. The predicted molar refractivity (Wildman–Crippen MR) is 74.9 cm³/mol. The number of β-amino-alcohol motifs (C(OH)–C–C–N with tert-alkyl or cyclic N) is 1. The maximum atomic E-state index is 12.3. The maximum Gasteiger partial charge on any atom is 0.326 e. The zero-order valence-electron chi connectivity index (χ0n) is 11.5. The number of hydrogen-bond donors (Lipinski definition) is 3. The van der Waals surface area contributed by atoms with Crippen molar-refractivity contribution in [2.45, 2.75) is 37.5 Å². The lowest BCUT2D eigenvalue weighted by Gasteiger charge is -2.23. The fourth-order valence-electron chi connectivity index (χ4n) is 3.19. The number of aliphatic hydroxyl groups is 1. The predicted octanol–water partition coefficient (Wildman–Crippen LogP) is 0.383. The van der Waals surface area contributed by atoms with E-state index in [0.717, 1.165) is 12.8 Å². The Balaban J connectivity index is 1.64. The van der Waals surface area contributed by atoms with Gasteiger partial charge in [0.25, 0.3) is 0 Å². The lowest BCUT2D eigenvalue weighted by Crippen LogP contribution is -2.49. The van der Waals surface area contributed by atoms with Crippen LogP contribution in [0.2, 0.25) is 0 Å². The third-order valence-corrected chi connectivity index (χ3v) is 4.20. The Kier molecular flexibility index (Phi) is 3.55. The molecule has 21 heavy (non-hydrogen) atoms. The van der Waals surface area contributed by atoms with Crippen molar-refractivity contribution >= 4 is 12.0 Å². The van der Waals surface area contributed by atoms with Crippen molar-refractivity contribution in [1.29, 1.82) is 0 Å². The van der Waals surface area contributed by atoms with Gasteiger partial charge in [-0.2, -0.15) is 0 Å². The minimum Gasteiger partial charge on any atom is -0.480 e. The molecule has 0 saturated carbocycles. The normalized spacial score (nSPS) is 24.9. The molecule has 1 saturated heterocycles. The van der Waals surface area contributed by atoms with E-state index in [2.05, 4.69) is 5.32 Å². The summed E-state index contributed by atoms with van der Waals surface area (Å²) < 4.78 is 0. The van der Waals surface area contributed by atoms with Crippen LogP contribution in [-0.4, -0.2) is 51.8 Å². The molecule has 1 aromatic rings. The highest BCUT2D eigenvalue weighted by atomic mass is 16.4. The highest BCUT2D eigenvalue weighted by molar-refractivity contribution is 5.83. The number of rotatable bonds is 2. The highest BCUT2D eigenvalue weighted by Crippen LogP contribution is 2.23. The van der Waals surface area contributed by atoms with E-state index in [1.165, 1.54) is 16.0 Å². The van der Waals surface area contributed by atoms with Gasteiger partial charge in [-0.15, -0.1) is 0 Å². The number of aliphatic carboxylic acids is 1. The molecule has 1 aliphatic carbocycles. The monoisotopic (exact) mass is 290 g/mol. The van der Waals surface area contributed by atoms with Gasteiger partial charge in [0.1, 0.15) is 6.04 Å². The summed E-state index contributed by atoms with van der Waals surface area (Å²) in [5.74, 6) is -1.07. The highest BCUT2D eigenvalue weighted by Gasteiger charge is 2.39. The fourth-order valence-corrected chi connectivity index (χ4v) is 3.19. The average molecular weight is 290 g/mol. The second kappa shape index (κ2) is 5.37. The number of carbonyl (C=O) groups is 2. The lowest BCUT2D eigenvalue weighted by atomic mass is 10.1. The van der Waals surface area contributed by atoms with E-state index >= 15 is 0 Å². The van der Waals surface area contributed by atoms with Crippen LogP contribution in [-0.2, 0) is 17.6 Å². The second-order valence-electron chi connectivity index (χ2n) is 5.72. The van der Waals surface area contributed by atoms with Crippen molar-refractivity contribution in [2.24, 2.45) is 0 Å². The minimum atomic E-state index is -1.07. The molecular formula is C15H18N2O4. The van der Waals surface area contributed by atoms with E-state index in [1.54, 1.807) is 0 Å².